The number of rotatable bonds is 7. The van der Waals surface area contributed by atoms with Gasteiger partial charge in [-0.3, -0.25) is 4.79 Å². The quantitative estimate of drug-likeness (QED) is 0.474. The molecule has 3 heterocycles. The lowest BCUT2D eigenvalue weighted by Crippen LogP contribution is -2.14. The van der Waals surface area contributed by atoms with Crippen LogP contribution in [0.5, 0.6) is 0 Å². The van der Waals surface area contributed by atoms with Crippen molar-refractivity contribution in [1.82, 2.24) is 14.8 Å². The van der Waals surface area contributed by atoms with E-state index < -0.39 is 0 Å². The van der Waals surface area contributed by atoms with Gasteiger partial charge in [-0.2, -0.15) is 5.26 Å². The number of fused-ring (bicyclic) bond motifs is 1. The monoisotopic (exact) mass is 471 g/mol. The number of aromatic nitrogens is 3. The first-order valence-electron chi connectivity index (χ1n) is 10.5. The lowest BCUT2D eigenvalue weighted by Gasteiger charge is -2.20. The highest BCUT2D eigenvalue weighted by Gasteiger charge is 2.26. The van der Waals surface area contributed by atoms with E-state index in [0.717, 1.165) is 49.1 Å². The number of nitrogens with zero attached hydrogens (tertiary/aromatic N) is 4. The van der Waals surface area contributed by atoms with Crippen LogP contribution in [0.1, 0.15) is 47.6 Å². The van der Waals surface area contributed by atoms with Crippen molar-refractivity contribution in [3.8, 4) is 17.5 Å². The predicted octanol–water partition coefficient (Wildman–Crippen LogP) is 5.28. The van der Waals surface area contributed by atoms with Gasteiger partial charge < -0.3 is 9.88 Å². The number of amides is 1. The molecule has 0 aliphatic heterocycles. The minimum atomic E-state index is -0.125. The minimum Gasteiger partial charge on any atom is -0.316 e. The fraction of sp³-hybridized carbons (Fsp3) is 0.455. The third-order valence-electron chi connectivity index (χ3n) is 5.74. The predicted molar refractivity (Wildman–Crippen MR) is 128 cm³/mol. The molecular formula is C22H25N5OS3. The first-order chi connectivity index (χ1) is 15.0. The molecule has 3 aromatic heterocycles. The average molecular weight is 472 g/mol. The second-order valence-corrected chi connectivity index (χ2v) is 10.7. The first kappa shape index (κ1) is 22.1. The van der Waals surface area contributed by atoms with Crippen LogP contribution in [0.3, 0.4) is 0 Å². The van der Waals surface area contributed by atoms with Gasteiger partial charge >= 0.3 is 0 Å². The van der Waals surface area contributed by atoms with Gasteiger partial charge in [-0.25, -0.2) is 0 Å². The van der Waals surface area contributed by atoms with Crippen molar-refractivity contribution in [2.24, 2.45) is 13.0 Å². The molecule has 1 N–H and O–H groups in total. The Morgan fingerprint density at radius 2 is 2.26 bits per heavy atom. The molecule has 1 aliphatic carbocycles. The molecule has 0 aromatic carbocycles. The highest BCUT2D eigenvalue weighted by molar-refractivity contribution is 7.99. The molecule has 1 atom stereocenters. The smallest absolute Gasteiger partial charge is 0.235 e. The maximum absolute atomic E-state index is 12.6. The van der Waals surface area contributed by atoms with E-state index in [4.69, 9.17) is 0 Å². The molecule has 0 fully saturated rings. The van der Waals surface area contributed by atoms with Gasteiger partial charge in [0.25, 0.3) is 0 Å². The summed E-state index contributed by atoms with van der Waals surface area (Å²) in [6, 6.07) is 4.46. The molecule has 0 radical (unpaired) electrons. The van der Waals surface area contributed by atoms with Crippen LogP contribution in [0.4, 0.5) is 5.00 Å². The summed E-state index contributed by atoms with van der Waals surface area (Å²) in [5, 5.41) is 24.7. The highest BCUT2D eigenvalue weighted by Crippen LogP contribution is 2.40. The summed E-state index contributed by atoms with van der Waals surface area (Å²) in [7, 11) is 1.92. The van der Waals surface area contributed by atoms with Crippen molar-refractivity contribution >= 4 is 45.3 Å². The Hall–Kier alpha value is -2.15. The topological polar surface area (TPSA) is 83.6 Å². The lowest BCUT2D eigenvalue weighted by atomic mass is 9.86. The number of carbonyl (C=O) groups excluding carboxylic acids is 1. The third kappa shape index (κ3) is 4.56. The van der Waals surface area contributed by atoms with Crippen LogP contribution in [0.25, 0.3) is 11.4 Å². The molecule has 9 heteroatoms. The Labute approximate surface area is 194 Å². The average Bonchev–Trinajstić information content (AvgIpc) is 3.48. The van der Waals surface area contributed by atoms with Gasteiger partial charge in [0, 0.05) is 27.7 Å². The summed E-state index contributed by atoms with van der Waals surface area (Å²) >= 11 is 4.65. The minimum absolute atomic E-state index is 0.125. The van der Waals surface area contributed by atoms with Crippen LogP contribution in [0, 0.1) is 17.2 Å². The Balaban J connectivity index is 1.42. The summed E-state index contributed by atoms with van der Waals surface area (Å²) in [6.45, 7) is 4.35. The lowest BCUT2D eigenvalue weighted by molar-refractivity contribution is -0.113. The second kappa shape index (κ2) is 9.55. The molecule has 162 valence electrons. The van der Waals surface area contributed by atoms with Gasteiger partial charge in [0.15, 0.2) is 11.0 Å². The van der Waals surface area contributed by atoms with Crippen LogP contribution >= 0.6 is 34.4 Å². The number of hydrogen-bond donors (Lipinski definition) is 1. The van der Waals surface area contributed by atoms with Gasteiger partial charge in [0.1, 0.15) is 11.1 Å². The largest absolute Gasteiger partial charge is 0.316 e. The number of nitriles is 1. The molecular weight excluding hydrogens is 446 g/mol. The summed E-state index contributed by atoms with van der Waals surface area (Å²) in [6.07, 6.45) is 5.22. The van der Waals surface area contributed by atoms with E-state index in [1.165, 1.54) is 21.5 Å². The summed E-state index contributed by atoms with van der Waals surface area (Å²) in [5.41, 5.74) is 2.85. The number of hydrogen-bond acceptors (Lipinski definition) is 7. The van der Waals surface area contributed by atoms with Crippen molar-refractivity contribution < 1.29 is 4.79 Å². The van der Waals surface area contributed by atoms with Crippen LogP contribution in [-0.4, -0.2) is 26.4 Å². The van der Waals surface area contributed by atoms with Crippen LogP contribution < -0.4 is 5.32 Å². The van der Waals surface area contributed by atoms with Crippen molar-refractivity contribution in [2.45, 2.75) is 51.1 Å². The van der Waals surface area contributed by atoms with Crippen LogP contribution in [-0.2, 0) is 31.1 Å². The van der Waals surface area contributed by atoms with Crippen molar-refractivity contribution in [1.29, 1.82) is 5.26 Å². The van der Waals surface area contributed by atoms with Gasteiger partial charge in [-0.15, -0.1) is 32.9 Å². The molecule has 4 rings (SSSR count). The molecule has 31 heavy (non-hydrogen) atoms. The maximum Gasteiger partial charge on any atom is 0.235 e. The Morgan fingerprint density at radius 1 is 1.42 bits per heavy atom. The van der Waals surface area contributed by atoms with Crippen molar-refractivity contribution in [2.75, 3.05) is 11.1 Å². The van der Waals surface area contributed by atoms with E-state index in [9.17, 15) is 10.1 Å². The van der Waals surface area contributed by atoms with E-state index in [0.29, 0.717) is 21.6 Å². The SMILES string of the molecule is CCc1cc(-c2nnc(SCC(=O)Nc3sc4c(c3C#N)CCC(CC)C4)n2C)cs1. The van der Waals surface area contributed by atoms with E-state index in [1.54, 1.807) is 22.7 Å². The highest BCUT2D eigenvalue weighted by atomic mass is 32.2. The Morgan fingerprint density at radius 3 is 2.97 bits per heavy atom. The van der Waals surface area contributed by atoms with E-state index in [-0.39, 0.29) is 11.7 Å². The molecule has 3 aromatic rings. The molecule has 1 aliphatic rings. The number of thiophene rings is 2. The summed E-state index contributed by atoms with van der Waals surface area (Å²) in [5.74, 6) is 1.59. The van der Waals surface area contributed by atoms with E-state index in [2.05, 4.69) is 46.9 Å². The first-order valence-corrected chi connectivity index (χ1v) is 13.2. The fourth-order valence-electron chi connectivity index (χ4n) is 3.88. The zero-order valence-corrected chi connectivity index (χ0v) is 20.3. The standard InChI is InChI=1S/C22H25N5OS3/c1-4-13-6-7-16-17(10-23)21(31-18(16)8-13)24-19(28)12-30-22-26-25-20(27(22)3)14-9-15(5-2)29-11-14/h9,11,13H,4-8,12H2,1-3H3,(H,24,28). The number of nitrogens with one attached hydrogen (secondary N) is 1. The normalized spacial score (nSPS) is 15.5. The van der Waals surface area contributed by atoms with Crippen molar-refractivity contribution in [3.05, 3.63) is 32.3 Å². The fourth-order valence-corrected chi connectivity index (χ4v) is 6.73. The number of thioether (sulfide) groups is 1. The van der Waals surface area contributed by atoms with Crippen LogP contribution in [0.15, 0.2) is 16.6 Å². The third-order valence-corrected chi connectivity index (χ3v) is 9.01. The summed E-state index contributed by atoms with van der Waals surface area (Å²) < 4.78 is 1.93. The zero-order valence-electron chi connectivity index (χ0n) is 17.9. The second-order valence-electron chi connectivity index (χ2n) is 7.69. The van der Waals surface area contributed by atoms with Crippen LogP contribution in [0.2, 0.25) is 0 Å². The molecule has 1 unspecified atom stereocenters. The van der Waals surface area contributed by atoms with Gasteiger partial charge in [-0.05, 0) is 43.2 Å². The van der Waals surface area contributed by atoms with Gasteiger partial charge in [0.05, 0.1) is 11.3 Å². The summed E-state index contributed by atoms with van der Waals surface area (Å²) in [4.78, 5) is 15.2. The number of aryl methyl sites for hydroxylation is 1. The molecule has 0 spiro atoms. The van der Waals surface area contributed by atoms with E-state index >= 15 is 0 Å². The number of anilines is 1. The van der Waals surface area contributed by atoms with Gasteiger partial charge in [-0.1, -0.05) is 32.0 Å². The molecule has 0 saturated carbocycles. The van der Waals surface area contributed by atoms with Gasteiger partial charge in [0.2, 0.25) is 5.91 Å². The van der Waals surface area contributed by atoms with E-state index in [1.807, 2.05) is 11.6 Å². The molecule has 0 bridgehead atoms. The Bertz CT molecular complexity index is 1140. The molecule has 0 saturated heterocycles. The Kier molecular flexibility index (Phi) is 6.80. The zero-order chi connectivity index (χ0) is 22.0. The van der Waals surface area contributed by atoms with Crippen molar-refractivity contribution in [3.63, 3.8) is 0 Å². The number of carbonyl (C=O) groups is 1. The maximum atomic E-state index is 12.6. The molecule has 1 amide bonds. The molecule has 6 nitrogen and oxygen atoms in total.